The van der Waals surface area contributed by atoms with Crippen molar-refractivity contribution in [3.05, 3.63) is 46.5 Å². The molecule has 0 atom stereocenters. The number of methoxy groups -OCH3 is 1. The van der Waals surface area contributed by atoms with E-state index >= 15 is 0 Å². The maximum Gasteiger partial charge on any atom is 0.331 e. The van der Waals surface area contributed by atoms with Crippen molar-refractivity contribution < 1.29 is 28.0 Å². The van der Waals surface area contributed by atoms with E-state index in [4.69, 9.17) is 9.26 Å². The molecule has 2 aliphatic heterocycles. The summed E-state index contributed by atoms with van der Waals surface area (Å²) in [5.74, 6) is -1.11. The second-order valence-corrected chi connectivity index (χ2v) is 7.91. The molecular weight excluding hydrogens is 455 g/mol. The second-order valence-electron chi connectivity index (χ2n) is 6.88. The third kappa shape index (κ3) is 5.88. The zero-order valence-corrected chi connectivity index (χ0v) is 18.3. The molecule has 0 unspecified atom stereocenters. The molecule has 33 heavy (non-hydrogen) atoms. The van der Waals surface area contributed by atoms with E-state index in [-0.39, 0.29) is 21.5 Å². The number of ether oxygens (including phenoxy) is 2. The topological polar surface area (TPSA) is 132 Å². The van der Waals surface area contributed by atoms with Crippen molar-refractivity contribution in [2.75, 3.05) is 33.4 Å². The summed E-state index contributed by atoms with van der Waals surface area (Å²) in [6.07, 6.45) is 2.45. The lowest BCUT2D eigenvalue weighted by molar-refractivity contribution is -0.135. The van der Waals surface area contributed by atoms with Crippen LogP contribution in [0.15, 0.2) is 43.9 Å². The van der Waals surface area contributed by atoms with E-state index in [1.165, 1.54) is 31.5 Å². The average molecular weight is 474 g/mol. The van der Waals surface area contributed by atoms with E-state index < -0.39 is 17.7 Å². The first-order chi connectivity index (χ1) is 16.0. The second kappa shape index (κ2) is 10.5. The fourth-order valence-corrected chi connectivity index (χ4v) is 3.70. The normalized spacial score (nSPS) is 19.5. The minimum absolute atomic E-state index is 0.133. The molecule has 0 aliphatic carbocycles. The Morgan fingerprint density at radius 1 is 1.39 bits per heavy atom. The molecular formula is C20H19FN6O5S. The summed E-state index contributed by atoms with van der Waals surface area (Å²) in [4.78, 5) is 29.7. The lowest BCUT2D eigenvalue weighted by atomic mass is 10.1. The Labute approximate surface area is 191 Å². The summed E-state index contributed by atoms with van der Waals surface area (Å²) in [5.41, 5.74) is 0.699. The summed E-state index contributed by atoms with van der Waals surface area (Å²) in [5, 5.41) is 14.4. The Morgan fingerprint density at radius 3 is 3.00 bits per heavy atom. The zero-order valence-electron chi connectivity index (χ0n) is 17.5. The van der Waals surface area contributed by atoms with Crippen LogP contribution in [-0.2, 0) is 25.6 Å². The molecule has 3 heterocycles. The Bertz CT molecular complexity index is 1140. The smallest absolute Gasteiger partial charge is 0.331 e. The number of nitrogens with one attached hydrogen (secondary N) is 1. The lowest BCUT2D eigenvalue weighted by Gasteiger charge is -2.24. The maximum atomic E-state index is 14.4. The first-order valence-corrected chi connectivity index (χ1v) is 10.7. The molecule has 0 bridgehead atoms. The highest BCUT2D eigenvalue weighted by Gasteiger charge is 2.25. The van der Waals surface area contributed by atoms with Crippen molar-refractivity contribution in [1.82, 2.24) is 20.4 Å². The summed E-state index contributed by atoms with van der Waals surface area (Å²) < 4.78 is 29.5. The number of thioether (sulfide) groups is 1. The van der Waals surface area contributed by atoms with Crippen LogP contribution in [0.25, 0.3) is 11.4 Å². The molecule has 172 valence electrons. The molecule has 2 saturated heterocycles. The minimum Gasteiger partial charge on any atom is -0.466 e. The number of carbonyl (C=O) groups excluding carboxylic acids is 2. The van der Waals surface area contributed by atoms with Crippen molar-refractivity contribution in [2.45, 2.75) is 6.54 Å². The quantitative estimate of drug-likeness (QED) is 0.285. The van der Waals surface area contributed by atoms with Crippen LogP contribution in [0.4, 0.5) is 4.39 Å². The Morgan fingerprint density at radius 2 is 2.21 bits per heavy atom. The lowest BCUT2D eigenvalue weighted by Crippen LogP contribution is -2.35. The van der Waals surface area contributed by atoms with Gasteiger partial charge >= 0.3 is 5.97 Å². The number of halogens is 1. The molecule has 0 saturated carbocycles. The van der Waals surface area contributed by atoms with E-state index in [1.807, 2.05) is 0 Å². The van der Waals surface area contributed by atoms with E-state index in [2.05, 4.69) is 35.3 Å². The molecule has 1 aromatic carbocycles. The van der Waals surface area contributed by atoms with Gasteiger partial charge in [-0.1, -0.05) is 11.2 Å². The van der Waals surface area contributed by atoms with Gasteiger partial charge in [0.05, 0.1) is 43.6 Å². The van der Waals surface area contributed by atoms with Crippen LogP contribution < -0.4 is 5.32 Å². The van der Waals surface area contributed by atoms with Gasteiger partial charge in [0.2, 0.25) is 11.7 Å². The van der Waals surface area contributed by atoms with Gasteiger partial charge < -0.3 is 14.0 Å². The van der Waals surface area contributed by atoms with Crippen molar-refractivity contribution in [3.8, 4) is 11.4 Å². The van der Waals surface area contributed by atoms with Crippen LogP contribution in [0.1, 0.15) is 11.5 Å². The van der Waals surface area contributed by atoms with Crippen molar-refractivity contribution in [2.24, 2.45) is 10.2 Å². The number of aromatic nitrogens is 2. The average Bonchev–Trinajstić information content (AvgIpc) is 3.42. The van der Waals surface area contributed by atoms with Gasteiger partial charge in [0.25, 0.3) is 5.91 Å². The molecule has 13 heteroatoms. The Balaban J connectivity index is 1.44. The molecule has 1 amide bonds. The van der Waals surface area contributed by atoms with Gasteiger partial charge in [0.15, 0.2) is 5.17 Å². The van der Waals surface area contributed by atoms with Crippen LogP contribution in [0.2, 0.25) is 0 Å². The highest BCUT2D eigenvalue weighted by Crippen LogP contribution is 2.24. The van der Waals surface area contributed by atoms with Gasteiger partial charge in [0.1, 0.15) is 5.82 Å². The molecule has 2 aromatic rings. The van der Waals surface area contributed by atoms with Gasteiger partial charge in [0, 0.05) is 19.2 Å². The molecule has 1 N–H and O–H groups in total. The molecule has 2 fully saturated rings. The number of rotatable bonds is 6. The molecule has 4 rings (SSSR count). The minimum atomic E-state index is -0.647. The zero-order chi connectivity index (χ0) is 23.2. The van der Waals surface area contributed by atoms with E-state index in [0.717, 1.165) is 30.9 Å². The van der Waals surface area contributed by atoms with Gasteiger partial charge in [-0.15, -0.1) is 5.10 Å². The fourth-order valence-electron chi connectivity index (χ4n) is 2.96. The highest BCUT2D eigenvalue weighted by atomic mass is 32.2. The third-order valence-electron chi connectivity index (χ3n) is 4.62. The number of morpholine rings is 1. The Kier molecular flexibility index (Phi) is 7.22. The number of esters is 1. The number of carbonyl (C=O) groups is 2. The summed E-state index contributed by atoms with van der Waals surface area (Å²) in [6.45, 7) is 3.28. The molecule has 0 spiro atoms. The number of amidine groups is 1. The monoisotopic (exact) mass is 474 g/mol. The number of benzene rings is 1. The standard InChI is InChI=1S/C20H19FN6O5S/c1-30-17(28)9-15-19(29)24-20(33-15)25-22-10-12-2-3-14(21)13(8-12)18-23-16(32-26-18)11-27-4-6-31-7-5-27/h2-3,8-10H,4-7,11H2,1H3,(H,24,25,29)/b15-9+,22-10?. The first kappa shape index (κ1) is 22.8. The van der Waals surface area contributed by atoms with Crippen molar-refractivity contribution in [1.29, 1.82) is 0 Å². The molecule has 2 aliphatic rings. The van der Waals surface area contributed by atoms with Crippen LogP contribution in [-0.4, -0.2) is 71.7 Å². The first-order valence-electron chi connectivity index (χ1n) is 9.84. The van der Waals surface area contributed by atoms with Gasteiger partial charge in [-0.3, -0.25) is 15.0 Å². The maximum absolute atomic E-state index is 14.4. The van der Waals surface area contributed by atoms with Crippen LogP contribution in [0, 0.1) is 5.82 Å². The van der Waals surface area contributed by atoms with Crippen molar-refractivity contribution in [3.63, 3.8) is 0 Å². The van der Waals surface area contributed by atoms with Crippen LogP contribution in [0.3, 0.4) is 0 Å². The number of amides is 1. The number of hydrogen-bond donors (Lipinski definition) is 1. The predicted octanol–water partition coefficient (Wildman–Crippen LogP) is 1.32. The largest absolute Gasteiger partial charge is 0.466 e. The summed E-state index contributed by atoms with van der Waals surface area (Å²) >= 11 is 0.949. The number of hydrogen-bond acceptors (Lipinski definition) is 11. The summed E-state index contributed by atoms with van der Waals surface area (Å²) in [6, 6.07) is 4.30. The van der Waals surface area contributed by atoms with Crippen LogP contribution >= 0.6 is 11.8 Å². The van der Waals surface area contributed by atoms with E-state index in [1.54, 1.807) is 0 Å². The number of nitrogens with zero attached hydrogens (tertiary/aromatic N) is 5. The Hall–Kier alpha value is -3.42. The van der Waals surface area contributed by atoms with Gasteiger partial charge in [-0.2, -0.15) is 10.1 Å². The van der Waals surface area contributed by atoms with E-state index in [0.29, 0.717) is 31.2 Å². The summed E-state index contributed by atoms with van der Waals surface area (Å²) in [7, 11) is 1.21. The predicted molar refractivity (Wildman–Crippen MR) is 117 cm³/mol. The van der Waals surface area contributed by atoms with Gasteiger partial charge in [-0.25, -0.2) is 9.18 Å². The van der Waals surface area contributed by atoms with Crippen molar-refractivity contribution >= 4 is 35.0 Å². The van der Waals surface area contributed by atoms with E-state index in [9.17, 15) is 14.0 Å². The molecule has 0 radical (unpaired) electrons. The fraction of sp³-hybridized carbons (Fsp3) is 0.300. The molecule has 1 aromatic heterocycles. The SMILES string of the molecule is COC(=O)/C=C1/S/C(=N\N=Cc2ccc(F)c(-c3noc(CN4CCOCC4)n3)c2)NC1=O. The highest BCUT2D eigenvalue weighted by molar-refractivity contribution is 8.18. The third-order valence-corrected chi connectivity index (χ3v) is 5.52. The van der Waals surface area contributed by atoms with Gasteiger partial charge in [-0.05, 0) is 29.5 Å². The van der Waals surface area contributed by atoms with Crippen LogP contribution in [0.5, 0.6) is 0 Å². The molecule has 11 nitrogen and oxygen atoms in total.